The van der Waals surface area contributed by atoms with Crippen molar-refractivity contribution < 1.29 is 13.2 Å². The van der Waals surface area contributed by atoms with E-state index in [1.807, 2.05) is 4.72 Å². The molecule has 0 aliphatic rings. The second-order valence-corrected chi connectivity index (χ2v) is 8.10. The molecule has 9 heteroatoms. The summed E-state index contributed by atoms with van der Waals surface area (Å²) in [4.78, 5) is 31.2. The Bertz CT molecular complexity index is 1410. The number of H-pyrrole nitrogens is 1. The summed E-state index contributed by atoms with van der Waals surface area (Å²) in [6, 6.07) is 14.3. The fraction of sp³-hybridized carbons (Fsp3) is 0. The first-order valence-corrected chi connectivity index (χ1v) is 9.95. The Morgan fingerprint density at radius 3 is 2.61 bits per heavy atom. The summed E-state index contributed by atoms with van der Waals surface area (Å²) in [5.41, 5.74) is -0.307. The minimum atomic E-state index is -4.33. The predicted octanol–water partition coefficient (Wildman–Crippen LogP) is 2.85. The van der Waals surface area contributed by atoms with Crippen molar-refractivity contribution in [3.63, 3.8) is 0 Å². The highest BCUT2D eigenvalue weighted by atomic mass is 35.5. The molecule has 0 saturated heterocycles. The first kappa shape index (κ1) is 18.1. The van der Waals surface area contributed by atoms with Gasteiger partial charge in [-0.05, 0) is 35.7 Å². The SMILES string of the molecule is O=C(NS(=O)(=O)c1cc(Cl)cc2cccnc12)c1cc2ccccc2[nH]c1=O. The molecule has 0 unspecified atom stereocenters. The highest BCUT2D eigenvalue weighted by molar-refractivity contribution is 7.90. The highest BCUT2D eigenvalue weighted by Gasteiger charge is 2.24. The molecule has 0 bridgehead atoms. The van der Waals surface area contributed by atoms with E-state index in [1.54, 1.807) is 42.5 Å². The van der Waals surface area contributed by atoms with Crippen molar-refractivity contribution in [1.29, 1.82) is 0 Å². The Hall–Kier alpha value is -3.23. The first-order valence-electron chi connectivity index (χ1n) is 8.09. The van der Waals surface area contributed by atoms with Gasteiger partial charge in [0.25, 0.3) is 21.5 Å². The first-order chi connectivity index (χ1) is 13.3. The van der Waals surface area contributed by atoms with Gasteiger partial charge in [0.15, 0.2) is 0 Å². The van der Waals surface area contributed by atoms with Gasteiger partial charge in [0.2, 0.25) is 0 Å². The number of benzene rings is 2. The number of hydrogen-bond acceptors (Lipinski definition) is 5. The summed E-state index contributed by atoms with van der Waals surface area (Å²) in [6.07, 6.45) is 1.44. The normalized spacial score (nSPS) is 11.6. The minimum Gasteiger partial charge on any atom is -0.321 e. The highest BCUT2D eigenvalue weighted by Crippen LogP contribution is 2.25. The maximum absolute atomic E-state index is 12.8. The molecule has 0 aliphatic carbocycles. The quantitative estimate of drug-likeness (QED) is 0.536. The van der Waals surface area contributed by atoms with Crippen LogP contribution in [0.4, 0.5) is 0 Å². The average molecular weight is 414 g/mol. The van der Waals surface area contributed by atoms with Crippen LogP contribution in [0.2, 0.25) is 5.02 Å². The van der Waals surface area contributed by atoms with Gasteiger partial charge in [-0.25, -0.2) is 13.1 Å². The third-order valence-electron chi connectivity index (χ3n) is 4.15. The van der Waals surface area contributed by atoms with Crippen molar-refractivity contribution in [2.45, 2.75) is 4.90 Å². The van der Waals surface area contributed by atoms with Crippen molar-refractivity contribution in [2.75, 3.05) is 0 Å². The number of rotatable bonds is 3. The number of nitrogens with zero attached hydrogens (tertiary/aromatic N) is 1. The molecule has 4 rings (SSSR count). The van der Waals surface area contributed by atoms with Gasteiger partial charge in [-0.15, -0.1) is 0 Å². The summed E-state index contributed by atoms with van der Waals surface area (Å²) in [7, 11) is -4.33. The zero-order valence-electron chi connectivity index (χ0n) is 14.1. The van der Waals surface area contributed by atoms with Crippen molar-refractivity contribution in [3.8, 4) is 0 Å². The van der Waals surface area contributed by atoms with Crippen LogP contribution in [0.5, 0.6) is 0 Å². The van der Waals surface area contributed by atoms with Crippen LogP contribution >= 0.6 is 11.6 Å². The molecule has 0 saturated carbocycles. The smallest absolute Gasteiger partial charge is 0.270 e. The largest absolute Gasteiger partial charge is 0.321 e. The molecule has 2 aromatic heterocycles. The second-order valence-electron chi connectivity index (χ2n) is 6.01. The van der Waals surface area contributed by atoms with Crippen LogP contribution in [0.25, 0.3) is 21.8 Å². The van der Waals surface area contributed by atoms with Crippen LogP contribution < -0.4 is 10.3 Å². The van der Waals surface area contributed by atoms with Crippen LogP contribution in [0, 0.1) is 0 Å². The van der Waals surface area contributed by atoms with Gasteiger partial charge in [-0.2, -0.15) is 0 Å². The molecule has 7 nitrogen and oxygen atoms in total. The van der Waals surface area contributed by atoms with Gasteiger partial charge in [-0.3, -0.25) is 14.6 Å². The Morgan fingerprint density at radius 2 is 1.79 bits per heavy atom. The number of carbonyl (C=O) groups excluding carboxylic acids is 1. The number of pyridine rings is 2. The zero-order valence-corrected chi connectivity index (χ0v) is 15.7. The van der Waals surface area contributed by atoms with Crippen LogP contribution in [-0.2, 0) is 10.0 Å². The maximum atomic E-state index is 12.8. The molecule has 28 heavy (non-hydrogen) atoms. The molecule has 2 N–H and O–H groups in total. The lowest BCUT2D eigenvalue weighted by atomic mass is 10.1. The molecular formula is C19H12ClN3O4S. The Balaban J connectivity index is 1.78. The summed E-state index contributed by atoms with van der Waals surface area (Å²) >= 11 is 6.01. The molecule has 1 amide bonds. The maximum Gasteiger partial charge on any atom is 0.270 e. The third-order valence-corrected chi connectivity index (χ3v) is 5.71. The van der Waals surface area contributed by atoms with Gasteiger partial charge >= 0.3 is 0 Å². The number of carbonyl (C=O) groups is 1. The number of sulfonamides is 1. The number of aromatic amines is 1. The fourth-order valence-electron chi connectivity index (χ4n) is 2.88. The van der Waals surface area contributed by atoms with Crippen LogP contribution in [0.15, 0.2) is 70.5 Å². The zero-order chi connectivity index (χ0) is 19.9. The molecule has 0 radical (unpaired) electrons. The molecule has 2 aromatic carbocycles. The van der Waals surface area contributed by atoms with Crippen molar-refractivity contribution in [3.05, 3.63) is 81.7 Å². The Labute approximate surface area is 164 Å². The van der Waals surface area contributed by atoms with E-state index in [4.69, 9.17) is 11.6 Å². The van der Waals surface area contributed by atoms with Gasteiger partial charge < -0.3 is 4.98 Å². The lowest BCUT2D eigenvalue weighted by Crippen LogP contribution is -2.34. The van der Waals surface area contributed by atoms with E-state index >= 15 is 0 Å². The number of fused-ring (bicyclic) bond motifs is 2. The predicted molar refractivity (Wildman–Crippen MR) is 106 cm³/mol. The van der Waals surface area contributed by atoms with Crippen LogP contribution in [-0.4, -0.2) is 24.3 Å². The summed E-state index contributed by atoms with van der Waals surface area (Å²) < 4.78 is 27.6. The van der Waals surface area contributed by atoms with E-state index in [0.717, 1.165) is 0 Å². The standard InChI is InChI=1S/C19H12ClN3O4S/c20-13-8-12-5-3-7-21-17(12)16(10-13)28(26,27)23-19(25)14-9-11-4-1-2-6-15(11)22-18(14)24/h1-10H,(H,22,24)(H,23,25). The molecule has 0 fully saturated rings. The molecule has 4 aromatic rings. The van der Waals surface area contributed by atoms with Gasteiger partial charge in [0, 0.05) is 22.1 Å². The molecular weight excluding hydrogens is 402 g/mol. The molecule has 0 atom stereocenters. The lowest BCUT2D eigenvalue weighted by molar-refractivity contribution is 0.0980. The van der Waals surface area contributed by atoms with E-state index in [-0.39, 0.29) is 21.0 Å². The van der Waals surface area contributed by atoms with Crippen LogP contribution in [0.1, 0.15) is 10.4 Å². The number of nitrogens with one attached hydrogen (secondary N) is 2. The number of amides is 1. The van der Waals surface area contributed by atoms with E-state index in [2.05, 4.69) is 9.97 Å². The van der Waals surface area contributed by atoms with Crippen molar-refractivity contribution in [1.82, 2.24) is 14.7 Å². The lowest BCUT2D eigenvalue weighted by Gasteiger charge is -2.10. The Morgan fingerprint density at radius 1 is 1.04 bits per heavy atom. The second kappa shape index (κ2) is 6.74. The van der Waals surface area contributed by atoms with Crippen molar-refractivity contribution >= 4 is 49.3 Å². The van der Waals surface area contributed by atoms with Gasteiger partial charge in [-0.1, -0.05) is 35.9 Å². The summed E-state index contributed by atoms with van der Waals surface area (Å²) in [6.45, 7) is 0. The topological polar surface area (TPSA) is 109 Å². The number of hydrogen-bond donors (Lipinski definition) is 2. The molecule has 0 spiro atoms. The molecule has 2 heterocycles. The van der Waals surface area contributed by atoms with E-state index < -0.39 is 21.5 Å². The Kier molecular flexibility index (Phi) is 4.37. The van der Waals surface area contributed by atoms with Crippen LogP contribution in [0.3, 0.4) is 0 Å². The number of aromatic nitrogens is 2. The average Bonchev–Trinajstić information content (AvgIpc) is 2.66. The molecule has 140 valence electrons. The summed E-state index contributed by atoms with van der Waals surface area (Å²) in [5, 5.41) is 1.28. The van der Waals surface area contributed by atoms with E-state index in [9.17, 15) is 18.0 Å². The third kappa shape index (κ3) is 3.23. The monoisotopic (exact) mass is 413 g/mol. The fourth-order valence-corrected chi connectivity index (χ4v) is 4.34. The van der Waals surface area contributed by atoms with Gasteiger partial charge in [0.05, 0.1) is 5.52 Å². The summed E-state index contributed by atoms with van der Waals surface area (Å²) in [5.74, 6) is -1.05. The van der Waals surface area contributed by atoms with Crippen molar-refractivity contribution in [2.24, 2.45) is 0 Å². The van der Waals surface area contributed by atoms with E-state index in [1.165, 1.54) is 18.3 Å². The number of para-hydroxylation sites is 1. The van der Waals surface area contributed by atoms with Gasteiger partial charge in [0.1, 0.15) is 10.5 Å². The molecule has 0 aliphatic heterocycles. The minimum absolute atomic E-state index is 0.166. The van der Waals surface area contributed by atoms with E-state index in [0.29, 0.717) is 16.3 Å². The number of halogens is 1.